The Bertz CT molecular complexity index is 806. The minimum atomic E-state index is -0.673. The van der Waals surface area contributed by atoms with Crippen molar-refractivity contribution < 1.29 is 14.1 Å². The summed E-state index contributed by atoms with van der Waals surface area (Å²) in [6, 6.07) is 5.65. The standard InChI is InChI=1S/C13H9ClFN3O4/c14-10-5-8(1-3-11(10)15)16-12(19)7-17-6-9(18(21)22)2-4-13(17)20/h1-6H,7H2,(H,16,19). The monoisotopic (exact) mass is 325 g/mol. The fourth-order valence-corrected chi connectivity index (χ4v) is 1.86. The lowest BCUT2D eigenvalue weighted by molar-refractivity contribution is -0.385. The Morgan fingerprint density at radius 2 is 2.09 bits per heavy atom. The second kappa shape index (κ2) is 6.35. The zero-order valence-electron chi connectivity index (χ0n) is 11.0. The van der Waals surface area contributed by atoms with Crippen molar-refractivity contribution in [2.24, 2.45) is 0 Å². The molecule has 1 aromatic carbocycles. The van der Waals surface area contributed by atoms with Gasteiger partial charge < -0.3 is 5.32 Å². The number of hydrogen-bond donors (Lipinski definition) is 1. The first kappa shape index (κ1) is 15.6. The van der Waals surface area contributed by atoms with E-state index in [0.717, 1.165) is 29.0 Å². The summed E-state index contributed by atoms with van der Waals surface area (Å²) in [5.74, 6) is -1.24. The molecule has 1 amide bonds. The van der Waals surface area contributed by atoms with Gasteiger partial charge in [0.05, 0.1) is 16.1 Å². The number of benzene rings is 1. The van der Waals surface area contributed by atoms with Crippen LogP contribution >= 0.6 is 11.6 Å². The fraction of sp³-hybridized carbons (Fsp3) is 0.0769. The van der Waals surface area contributed by atoms with Gasteiger partial charge in [-0.15, -0.1) is 0 Å². The van der Waals surface area contributed by atoms with Gasteiger partial charge in [-0.05, 0) is 18.2 Å². The highest BCUT2D eigenvalue weighted by Gasteiger charge is 2.11. The van der Waals surface area contributed by atoms with Crippen LogP contribution in [0.4, 0.5) is 15.8 Å². The maximum atomic E-state index is 13.0. The number of nitrogens with one attached hydrogen (secondary N) is 1. The average Bonchev–Trinajstić information content (AvgIpc) is 2.45. The van der Waals surface area contributed by atoms with Crippen LogP contribution in [-0.4, -0.2) is 15.4 Å². The molecule has 0 fully saturated rings. The Morgan fingerprint density at radius 1 is 1.36 bits per heavy atom. The van der Waals surface area contributed by atoms with Gasteiger partial charge in [-0.2, -0.15) is 0 Å². The van der Waals surface area contributed by atoms with Crippen LogP contribution in [0.25, 0.3) is 0 Å². The topological polar surface area (TPSA) is 94.2 Å². The molecular formula is C13H9ClFN3O4. The molecule has 2 aromatic rings. The third-order valence-electron chi connectivity index (χ3n) is 2.70. The number of carbonyl (C=O) groups excluding carboxylic acids is 1. The molecule has 7 nitrogen and oxygen atoms in total. The number of halogens is 2. The van der Waals surface area contributed by atoms with Crippen LogP contribution in [0, 0.1) is 15.9 Å². The first-order valence-corrected chi connectivity index (χ1v) is 6.34. The van der Waals surface area contributed by atoms with Crippen molar-refractivity contribution in [3.05, 3.63) is 67.8 Å². The number of pyridine rings is 1. The van der Waals surface area contributed by atoms with Crippen molar-refractivity contribution in [3.8, 4) is 0 Å². The van der Waals surface area contributed by atoms with Gasteiger partial charge in [-0.25, -0.2) is 4.39 Å². The van der Waals surface area contributed by atoms with Gasteiger partial charge >= 0.3 is 0 Å². The van der Waals surface area contributed by atoms with Crippen molar-refractivity contribution in [3.63, 3.8) is 0 Å². The van der Waals surface area contributed by atoms with E-state index >= 15 is 0 Å². The molecule has 0 aliphatic rings. The molecule has 0 radical (unpaired) electrons. The average molecular weight is 326 g/mol. The summed E-state index contributed by atoms with van der Waals surface area (Å²) < 4.78 is 13.9. The lowest BCUT2D eigenvalue weighted by atomic mass is 10.3. The Kier molecular flexibility index (Phi) is 4.52. The summed E-state index contributed by atoms with van der Waals surface area (Å²) in [6.07, 6.45) is 0.972. The number of nitrogens with zero attached hydrogens (tertiary/aromatic N) is 2. The van der Waals surface area contributed by atoms with Crippen LogP contribution in [0.1, 0.15) is 0 Å². The van der Waals surface area contributed by atoms with E-state index in [0.29, 0.717) is 0 Å². The molecular weight excluding hydrogens is 317 g/mol. The maximum absolute atomic E-state index is 13.0. The summed E-state index contributed by atoms with van der Waals surface area (Å²) in [6.45, 7) is -0.421. The smallest absolute Gasteiger partial charge is 0.285 e. The van der Waals surface area contributed by atoms with E-state index in [2.05, 4.69) is 5.32 Å². The van der Waals surface area contributed by atoms with Crippen molar-refractivity contribution in [2.75, 3.05) is 5.32 Å². The van der Waals surface area contributed by atoms with Gasteiger partial charge in [0, 0.05) is 17.8 Å². The van der Waals surface area contributed by atoms with E-state index in [-0.39, 0.29) is 16.4 Å². The minimum Gasteiger partial charge on any atom is -0.324 e. The molecule has 9 heteroatoms. The fourth-order valence-electron chi connectivity index (χ4n) is 1.68. The molecule has 1 heterocycles. The molecule has 0 spiro atoms. The maximum Gasteiger partial charge on any atom is 0.285 e. The molecule has 1 N–H and O–H groups in total. The zero-order chi connectivity index (χ0) is 16.3. The number of carbonyl (C=O) groups is 1. The highest BCUT2D eigenvalue weighted by molar-refractivity contribution is 6.31. The van der Waals surface area contributed by atoms with Crippen LogP contribution < -0.4 is 10.9 Å². The van der Waals surface area contributed by atoms with Crippen molar-refractivity contribution >= 4 is 28.9 Å². The highest BCUT2D eigenvalue weighted by atomic mass is 35.5. The molecule has 114 valence electrons. The summed E-state index contributed by atoms with van der Waals surface area (Å²) in [4.78, 5) is 33.4. The molecule has 1 aromatic heterocycles. The molecule has 0 unspecified atom stereocenters. The summed E-state index contributed by atoms with van der Waals surface area (Å²) in [5, 5.41) is 12.9. The third-order valence-corrected chi connectivity index (χ3v) is 2.99. The largest absolute Gasteiger partial charge is 0.324 e. The van der Waals surface area contributed by atoms with E-state index < -0.39 is 28.8 Å². The number of nitro groups is 1. The van der Waals surface area contributed by atoms with E-state index in [4.69, 9.17) is 11.6 Å². The molecule has 0 bridgehead atoms. The van der Waals surface area contributed by atoms with Gasteiger partial charge in [-0.3, -0.25) is 24.3 Å². The summed E-state index contributed by atoms with van der Waals surface area (Å²) >= 11 is 5.58. The second-order valence-corrected chi connectivity index (χ2v) is 4.69. The lowest BCUT2D eigenvalue weighted by Gasteiger charge is -2.07. The van der Waals surface area contributed by atoms with E-state index in [1.54, 1.807) is 0 Å². The number of aromatic nitrogens is 1. The minimum absolute atomic E-state index is 0.162. The SMILES string of the molecule is O=C(Cn1cc([N+](=O)[O-])ccc1=O)Nc1ccc(F)c(Cl)c1. The molecule has 0 aliphatic heterocycles. The Morgan fingerprint density at radius 3 is 2.73 bits per heavy atom. The molecule has 0 saturated carbocycles. The summed E-state index contributed by atoms with van der Waals surface area (Å²) in [7, 11) is 0. The number of hydrogen-bond acceptors (Lipinski definition) is 4. The zero-order valence-corrected chi connectivity index (χ0v) is 11.7. The molecule has 0 atom stereocenters. The first-order chi connectivity index (χ1) is 10.4. The quantitative estimate of drug-likeness (QED) is 0.688. The van der Waals surface area contributed by atoms with Crippen LogP contribution in [0.5, 0.6) is 0 Å². The number of rotatable bonds is 4. The normalized spacial score (nSPS) is 10.3. The van der Waals surface area contributed by atoms with Crippen LogP contribution in [0.15, 0.2) is 41.3 Å². The van der Waals surface area contributed by atoms with Crippen LogP contribution in [0.3, 0.4) is 0 Å². The van der Waals surface area contributed by atoms with Gasteiger partial charge in [0.2, 0.25) is 5.91 Å². The third kappa shape index (κ3) is 3.67. The predicted molar refractivity (Wildman–Crippen MR) is 77.4 cm³/mol. The highest BCUT2D eigenvalue weighted by Crippen LogP contribution is 2.19. The van der Waals surface area contributed by atoms with E-state index in [1.807, 2.05) is 0 Å². The lowest BCUT2D eigenvalue weighted by Crippen LogP contribution is -2.26. The van der Waals surface area contributed by atoms with Crippen molar-refractivity contribution in [1.82, 2.24) is 4.57 Å². The van der Waals surface area contributed by atoms with Crippen molar-refractivity contribution in [2.45, 2.75) is 6.54 Å². The van der Waals surface area contributed by atoms with Gasteiger partial charge in [0.15, 0.2) is 0 Å². The predicted octanol–water partition coefficient (Wildman–Crippen LogP) is 2.19. The number of anilines is 1. The van der Waals surface area contributed by atoms with Crippen molar-refractivity contribution in [1.29, 1.82) is 0 Å². The Labute approximate surface area is 128 Å². The van der Waals surface area contributed by atoms with Gasteiger partial charge in [-0.1, -0.05) is 11.6 Å². The van der Waals surface area contributed by atoms with Gasteiger partial charge in [0.25, 0.3) is 11.2 Å². The van der Waals surface area contributed by atoms with Crippen LogP contribution in [-0.2, 0) is 11.3 Å². The van der Waals surface area contributed by atoms with E-state index in [1.165, 1.54) is 12.1 Å². The molecule has 0 aliphatic carbocycles. The second-order valence-electron chi connectivity index (χ2n) is 4.29. The summed E-state index contributed by atoms with van der Waals surface area (Å²) in [5.41, 5.74) is -0.620. The first-order valence-electron chi connectivity index (χ1n) is 5.96. The van der Waals surface area contributed by atoms with Crippen LogP contribution in [0.2, 0.25) is 5.02 Å². The molecule has 2 rings (SSSR count). The Hall–Kier alpha value is -2.74. The Balaban J connectivity index is 2.15. The molecule has 0 saturated heterocycles. The number of amides is 1. The van der Waals surface area contributed by atoms with E-state index in [9.17, 15) is 24.1 Å². The molecule has 22 heavy (non-hydrogen) atoms. The van der Waals surface area contributed by atoms with Gasteiger partial charge in [0.1, 0.15) is 12.4 Å².